The Hall–Kier alpha value is -0.610. The maximum absolute atomic E-state index is 11.0. The van der Waals surface area contributed by atoms with Gasteiger partial charge in [0.1, 0.15) is 0 Å². The van der Waals surface area contributed by atoms with Crippen LogP contribution in [0.1, 0.15) is 60.3 Å². The Labute approximate surface area is 126 Å². The van der Waals surface area contributed by atoms with E-state index in [4.69, 9.17) is 4.74 Å². The second-order valence-electron chi connectivity index (χ2n) is 4.47. The molecule has 1 heterocycles. The van der Waals surface area contributed by atoms with E-state index in [1.165, 1.54) is 6.42 Å². The molecule has 122 valence electrons. The standard InChI is InChI=1S/C12H24N2O2.2C2H6/c1-11-10-14(8-9-16-11)7-5-3-4-6-12(15)13-2;2*1-2/h11H,3-10H2,1-2H3,(H,13,15);2*1-2H3. The van der Waals surface area contributed by atoms with Gasteiger partial charge in [0.25, 0.3) is 0 Å². The molecule has 1 saturated heterocycles. The SMILES string of the molecule is CC.CC.CNC(=O)CCCCCN1CCOC(C)C1. The van der Waals surface area contributed by atoms with Crippen molar-refractivity contribution in [2.45, 2.75) is 66.4 Å². The maximum atomic E-state index is 11.0. The third kappa shape index (κ3) is 12.4. The summed E-state index contributed by atoms with van der Waals surface area (Å²) in [6.45, 7) is 14.2. The lowest BCUT2D eigenvalue weighted by Crippen LogP contribution is -2.41. The maximum Gasteiger partial charge on any atom is 0.219 e. The summed E-state index contributed by atoms with van der Waals surface area (Å²) >= 11 is 0. The molecule has 1 aliphatic rings. The third-order valence-corrected chi connectivity index (χ3v) is 2.98. The van der Waals surface area contributed by atoms with E-state index >= 15 is 0 Å². The van der Waals surface area contributed by atoms with Gasteiger partial charge in [0.05, 0.1) is 12.7 Å². The van der Waals surface area contributed by atoms with E-state index < -0.39 is 0 Å². The number of nitrogens with one attached hydrogen (secondary N) is 1. The van der Waals surface area contributed by atoms with Gasteiger partial charge >= 0.3 is 0 Å². The molecule has 0 aromatic heterocycles. The Morgan fingerprint density at radius 1 is 1.20 bits per heavy atom. The van der Waals surface area contributed by atoms with Crippen molar-refractivity contribution in [1.29, 1.82) is 0 Å². The first-order chi connectivity index (χ1) is 9.72. The largest absolute Gasteiger partial charge is 0.376 e. The van der Waals surface area contributed by atoms with Crippen LogP contribution in [0.15, 0.2) is 0 Å². The fourth-order valence-electron chi connectivity index (χ4n) is 2.02. The van der Waals surface area contributed by atoms with Crippen molar-refractivity contribution in [1.82, 2.24) is 10.2 Å². The number of morpholine rings is 1. The Bertz CT molecular complexity index is 211. The molecular weight excluding hydrogens is 252 g/mol. The van der Waals surface area contributed by atoms with Crippen LogP contribution >= 0.6 is 0 Å². The van der Waals surface area contributed by atoms with Crippen LogP contribution in [0.4, 0.5) is 0 Å². The molecule has 0 bridgehead atoms. The van der Waals surface area contributed by atoms with Crippen LogP contribution in [-0.4, -0.2) is 50.2 Å². The van der Waals surface area contributed by atoms with E-state index in [-0.39, 0.29) is 5.91 Å². The molecule has 0 saturated carbocycles. The fourth-order valence-corrected chi connectivity index (χ4v) is 2.02. The second-order valence-corrected chi connectivity index (χ2v) is 4.47. The van der Waals surface area contributed by atoms with Crippen LogP contribution in [0.25, 0.3) is 0 Å². The summed E-state index contributed by atoms with van der Waals surface area (Å²) in [6.07, 6.45) is 4.36. The molecule has 0 aromatic carbocycles. The van der Waals surface area contributed by atoms with Crippen LogP contribution in [-0.2, 0) is 9.53 Å². The highest BCUT2D eigenvalue weighted by atomic mass is 16.5. The number of carbonyl (C=O) groups excluding carboxylic acids is 1. The minimum atomic E-state index is 0.153. The monoisotopic (exact) mass is 288 g/mol. The van der Waals surface area contributed by atoms with E-state index in [2.05, 4.69) is 17.1 Å². The Balaban J connectivity index is 0. The number of rotatable bonds is 6. The van der Waals surface area contributed by atoms with Crippen LogP contribution in [0.3, 0.4) is 0 Å². The molecule has 0 aliphatic carbocycles. The molecule has 1 amide bonds. The first-order valence-electron chi connectivity index (χ1n) is 8.27. The Morgan fingerprint density at radius 2 is 1.85 bits per heavy atom. The molecule has 4 nitrogen and oxygen atoms in total. The predicted octanol–water partition coefficient (Wildman–Crippen LogP) is 3.07. The van der Waals surface area contributed by atoms with E-state index in [1.807, 2.05) is 27.7 Å². The van der Waals surface area contributed by atoms with Gasteiger partial charge < -0.3 is 10.1 Å². The zero-order valence-corrected chi connectivity index (χ0v) is 14.5. The summed E-state index contributed by atoms with van der Waals surface area (Å²) in [5.41, 5.74) is 0. The van der Waals surface area contributed by atoms with E-state index in [0.717, 1.165) is 39.1 Å². The molecule has 0 spiro atoms. The zero-order valence-electron chi connectivity index (χ0n) is 14.5. The quantitative estimate of drug-likeness (QED) is 0.764. The average molecular weight is 288 g/mol. The molecule has 0 radical (unpaired) electrons. The molecule has 1 atom stereocenters. The highest BCUT2D eigenvalue weighted by Gasteiger charge is 2.15. The molecule has 4 heteroatoms. The van der Waals surface area contributed by atoms with Crippen LogP contribution < -0.4 is 5.32 Å². The van der Waals surface area contributed by atoms with Gasteiger partial charge in [-0.05, 0) is 26.3 Å². The molecule has 20 heavy (non-hydrogen) atoms. The molecule has 1 aliphatic heterocycles. The average Bonchev–Trinajstić information content (AvgIpc) is 2.51. The van der Waals surface area contributed by atoms with Crippen molar-refractivity contribution in [3.8, 4) is 0 Å². The van der Waals surface area contributed by atoms with Gasteiger partial charge in [-0.1, -0.05) is 34.1 Å². The smallest absolute Gasteiger partial charge is 0.219 e. The molecule has 1 fully saturated rings. The first-order valence-corrected chi connectivity index (χ1v) is 8.27. The molecular formula is C16H36N2O2. The minimum absolute atomic E-state index is 0.153. The zero-order chi connectivity index (χ0) is 15.8. The van der Waals surface area contributed by atoms with Gasteiger partial charge in [-0.25, -0.2) is 0 Å². The molecule has 1 unspecified atom stereocenters. The highest BCUT2D eigenvalue weighted by Crippen LogP contribution is 2.07. The van der Waals surface area contributed by atoms with E-state index in [9.17, 15) is 4.79 Å². The number of hydrogen-bond donors (Lipinski definition) is 1. The Kier molecular flexibility index (Phi) is 17.8. The van der Waals surface area contributed by atoms with Crippen molar-refractivity contribution in [2.24, 2.45) is 0 Å². The lowest BCUT2D eigenvalue weighted by molar-refractivity contribution is -0.120. The molecule has 1 rings (SSSR count). The normalized spacial score (nSPS) is 18.2. The van der Waals surface area contributed by atoms with Crippen molar-refractivity contribution >= 4 is 5.91 Å². The molecule has 1 N–H and O–H groups in total. The second kappa shape index (κ2) is 16.4. The number of hydrogen-bond acceptors (Lipinski definition) is 3. The summed E-state index contributed by atoms with van der Waals surface area (Å²) in [7, 11) is 1.69. The van der Waals surface area contributed by atoms with Gasteiger partial charge in [0.15, 0.2) is 0 Å². The van der Waals surface area contributed by atoms with Gasteiger partial charge in [-0.2, -0.15) is 0 Å². The van der Waals surface area contributed by atoms with Crippen LogP contribution in [0.2, 0.25) is 0 Å². The minimum Gasteiger partial charge on any atom is -0.376 e. The van der Waals surface area contributed by atoms with Gasteiger partial charge in [-0.15, -0.1) is 0 Å². The van der Waals surface area contributed by atoms with Gasteiger partial charge in [0, 0.05) is 26.6 Å². The summed E-state index contributed by atoms with van der Waals surface area (Å²) in [5, 5.41) is 2.65. The summed E-state index contributed by atoms with van der Waals surface area (Å²) in [4.78, 5) is 13.4. The van der Waals surface area contributed by atoms with Crippen molar-refractivity contribution in [2.75, 3.05) is 33.3 Å². The lowest BCUT2D eigenvalue weighted by Gasteiger charge is -2.30. The summed E-state index contributed by atoms with van der Waals surface area (Å²) in [5.74, 6) is 0.153. The van der Waals surface area contributed by atoms with E-state index in [1.54, 1.807) is 7.05 Å². The van der Waals surface area contributed by atoms with Crippen molar-refractivity contribution in [3.05, 3.63) is 0 Å². The van der Waals surface area contributed by atoms with Crippen molar-refractivity contribution < 1.29 is 9.53 Å². The third-order valence-electron chi connectivity index (χ3n) is 2.98. The molecule has 0 aromatic rings. The van der Waals surface area contributed by atoms with E-state index in [0.29, 0.717) is 12.5 Å². The summed E-state index contributed by atoms with van der Waals surface area (Å²) < 4.78 is 5.49. The number of amides is 1. The van der Waals surface area contributed by atoms with Crippen LogP contribution in [0, 0.1) is 0 Å². The number of ether oxygens (including phenoxy) is 1. The Morgan fingerprint density at radius 3 is 2.40 bits per heavy atom. The fraction of sp³-hybridized carbons (Fsp3) is 0.938. The predicted molar refractivity (Wildman–Crippen MR) is 87.1 cm³/mol. The number of nitrogens with zero attached hydrogens (tertiary/aromatic N) is 1. The van der Waals surface area contributed by atoms with Gasteiger partial charge in [0.2, 0.25) is 5.91 Å². The highest BCUT2D eigenvalue weighted by molar-refractivity contribution is 5.75. The lowest BCUT2D eigenvalue weighted by atomic mass is 10.1. The summed E-state index contributed by atoms with van der Waals surface area (Å²) in [6, 6.07) is 0. The van der Waals surface area contributed by atoms with Gasteiger partial charge in [-0.3, -0.25) is 9.69 Å². The number of unbranched alkanes of at least 4 members (excludes halogenated alkanes) is 2. The van der Waals surface area contributed by atoms with Crippen LogP contribution in [0.5, 0.6) is 0 Å². The first kappa shape index (κ1) is 21.7. The van der Waals surface area contributed by atoms with Crippen molar-refractivity contribution in [3.63, 3.8) is 0 Å². The topological polar surface area (TPSA) is 41.6 Å². The number of carbonyl (C=O) groups is 1.